The fourth-order valence-corrected chi connectivity index (χ4v) is 4.13. The van der Waals surface area contributed by atoms with Crippen LogP contribution in [0.15, 0.2) is 24.3 Å². The summed E-state index contributed by atoms with van der Waals surface area (Å²) in [6, 6.07) is 5.76. The molecule has 0 saturated carbocycles. The van der Waals surface area contributed by atoms with E-state index in [0.717, 1.165) is 40.4 Å². The number of carbonyl (C=O) groups is 1. The Hall–Kier alpha value is -1.79. The van der Waals surface area contributed by atoms with E-state index >= 15 is 0 Å². The molecule has 1 aliphatic carbocycles. The molecule has 134 valence electrons. The van der Waals surface area contributed by atoms with Crippen LogP contribution in [0.2, 0.25) is 0 Å². The topological polar surface area (TPSA) is 68.0 Å². The molecule has 3 rings (SSSR count). The van der Waals surface area contributed by atoms with Gasteiger partial charge in [-0.15, -0.1) is 11.3 Å². The van der Waals surface area contributed by atoms with Gasteiger partial charge in [-0.25, -0.2) is 9.37 Å². The Balaban J connectivity index is 1.82. The molecule has 1 aliphatic rings. The minimum Gasteiger partial charge on any atom is -0.347 e. The highest BCUT2D eigenvalue weighted by Crippen LogP contribution is 2.38. The Kier molecular flexibility index (Phi) is 4.93. The van der Waals surface area contributed by atoms with Crippen molar-refractivity contribution in [3.8, 4) is 10.6 Å². The van der Waals surface area contributed by atoms with E-state index in [0.29, 0.717) is 0 Å². The maximum absolute atomic E-state index is 13.1. The quantitative estimate of drug-likeness (QED) is 0.873. The molecule has 1 unspecified atom stereocenters. The lowest BCUT2D eigenvalue weighted by Gasteiger charge is -2.29. The van der Waals surface area contributed by atoms with Crippen molar-refractivity contribution in [1.29, 1.82) is 0 Å². The molecule has 1 aromatic carbocycles. The van der Waals surface area contributed by atoms with E-state index < -0.39 is 6.04 Å². The van der Waals surface area contributed by atoms with Crippen LogP contribution in [0.3, 0.4) is 0 Å². The molecule has 0 spiro atoms. The highest BCUT2D eigenvalue weighted by atomic mass is 32.1. The van der Waals surface area contributed by atoms with Gasteiger partial charge in [0.1, 0.15) is 10.8 Å². The summed E-state index contributed by atoms with van der Waals surface area (Å²) in [4.78, 5) is 18.3. The van der Waals surface area contributed by atoms with Crippen molar-refractivity contribution in [2.24, 2.45) is 11.1 Å². The third kappa shape index (κ3) is 3.90. The molecule has 0 bridgehead atoms. The molecule has 0 saturated heterocycles. The van der Waals surface area contributed by atoms with Crippen LogP contribution < -0.4 is 11.1 Å². The first-order valence-corrected chi connectivity index (χ1v) is 9.39. The monoisotopic (exact) mass is 361 g/mol. The Labute approximate surface area is 151 Å². The summed E-state index contributed by atoms with van der Waals surface area (Å²) in [5.74, 6) is -0.381. The van der Waals surface area contributed by atoms with Crippen LogP contribution in [0.1, 0.15) is 50.2 Å². The summed E-state index contributed by atoms with van der Waals surface area (Å²) < 4.78 is 13.1. The third-order valence-corrected chi connectivity index (χ3v) is 5.83. The number of nitrogens with two attached hydrogens (primary N) is 1. The first-order chi connectivity index (χ1) is 11.8. The number of aromatic nitrogens is 1. The second-order valence-electron chi connectivity index (χ2n) is 7.63. The third-order valence-electron chi connectivity index (χ3n) is 4.57. The Morgan fingerprint density at radius 2 is 2.04 bits per heavy atom. The van der Waals surface area contributed by atoms with Gasteiger partial charge in [-0.3, -0.25) is 4.79 Å². The number of fused-ring (bicyclic) bond motifs is 1. The van der Waals surface area contributed by atoms with Crippen molar-refractivity contribution < 1.29 is 9.18 Å². The Morgan fingerprint density at radius 3 is 2.68 bits per heavy atom. The number of carbonyl (C=O) groups excluding carboxylic acids is 1. The molecule has 6 heteroatoms. The molecule has 3 N–H and O–H groups in total. The molecule has 0 radical (unpaired) electrons. The lowest BCUT2D eigenvalue weighted by Crippen LogP contribution is -2.49. The second-order valence-corrected chi connectivity index (χ2v) is 8.66. The molecule has 0 fully saturated rings. The molecule has 2 atom stereocenters. The smallest absolute Gasteiger partial charge is 0.237 e. The summed E-state index contributed by atoms with van der Waals surface area (Å²) in [7, 11) is 0. The maximum atomic E-state index is 13.1. The van der Waals surface area contributed by atoms with Crippen LogP contribution in [0.25, 0.3) is 10.6 Å². The van der Waals surface area contributed by atoms with Crippen LogP contribution in [0.4, 0.5) is 4.39 Å². The summed E-state index contributed by atoms with van der Waals surface area (Å²) in [6.07, 6.45) is 2.78. The minimum absolute atomic E-state index is 0.0450. The maximum Gasteiger partial charge on any atom is 0.237 e. The van der Waals surface area contributed by atoms with E-state index in [4.69, 9.17) is 10.7 Å². The summed E-state index contributed by atoms with van der Waals surface area (Å²) in [5.41, 5.74) is 7.73. The molecule has 2 aromatic rings. The highest BCUT2D eigenvalue weighted by Gasteiger charge is 2.32. The van der Waals surface area contributed by atoms with Crippen LogP contribution in [0, 0.1) is 11.2 Å². The van der Waals surface area contributed by atoms with E-state index in [9.17, 15) is 9.18 Å². The van der Waals surface area contributed by atoms with Crippen molar-refractivity contribution in [1.82, 2.24) is 10.3 Å². The Morgan fingerprint density at radius 1 is 1.36 bits per heavy atom. The molecular weight excluding hydrogens is 337 g/mol. The van der Waals surface area contributed by atoms with E-state index in [2.05, 4.69) is 5.32 Å². The van der Waals surface area contributed by atoms with Gasteiger partial charge in [0, 0.05) is 5.56 Å². The number of thiazole rings is 1. The molecule has 0 aliphatic heterocycles. The fraction of sp³-hybridized carbons (Fsp3) is 0.474. The van der Waals surface area contributed by atoms with Gasteiger partial charge < -0.3 is 11.1 Å². The van der Waals surface area contributed by atoms with Gasteiger partial charge >= 0.3 is 0 Å². The van der Waals surface area contributed by atoms with Crippen LogP contribution in [-0.4, -0.2) is 16.9 Å². The molecule has 25 heavy (non-hydrogen) atoms. The van der Waals surface area contributed by atoms with Crippen molar-refractivity contribution in [3.05, 3.63) is 40.7 Å². The molecule has 1 aromatic heterocycles. The van der Waals surface area contributed by atoms with Gasteiger partial charge in [0.2, 0.25) is 5.91 Å². The standard InChI is InChI=1S/C19H24FN3OS/c1-19(2,3)16(21)17(24)22-13-5-4-6-14-15(13)25-18(23-14)11-7-9-12(20)10-8-11/h7-10,13,16H,4-6,21H2,1-3H3,(H,22,24)/t13?,16-/m1/s1. The average molecular weight is 361 g/mol. The molecule has 4 nitrogen and oxygen atoms in total. The zero-order valence-corrected chi connectivity index (χ0v) is 15.6. The number of halogens is 1. The molecular formula is C19H24FN3OS. The minimum atomic E-state index is -0.553. The van der Waals surface area contributed by atoms with Gasteiger partial charge in [-0.05, 0) is 48.9 Å². The van der Waals surface area contributed by atoms with E-state index in [-0.39, 0.29) is 23.2 Å². The van der Waals surface area contributed by atoms with Crippen molar-refractivity contribution in [2.75, 3.05) is 0 Å². The van der Waals surface area contributed by atoms with E-state index in [1.165, 1.54) is 12.1 Å². The number of hydrogen-bond donors (Lipinski definition) is 2. The number of amides is 1. The number of nitrogens with one attached hydrogen (secondary N) is 1. The van der Waals surface area contributed by atoms with Crippen molar-refractivity contribution >= 4 is 17.2 Å². The first kappa shape index (κ1) is 18.0. The van der Waals surface area contributed by atoms with Crippen molar-refractivity contribution in [2.45, 2.75) is 52.1 Å². The predicted molar refractivity (Wildman–Crippen MR) is 98.8 cm³/mol. The number of aryl methyl sites for hydroxylation is 1. The van der Waals surface area contributed by atoms with Crippen molar-refractivity contribution in [3.63, 3.8) is 0 Å². The number of hydrogen-bond acceptors (Lipinski definition) is 4. The molecule has 1 amide bonds. The van der Waals surface area contributed by atoms with Gasteiger partial charge in [-0.2, -0.15) is 0 Å². The summed E-state index contributed by atoms with van der Waals surface area (Å²) in [5, 5.41) is 3.97. The van der Waals surface area contributed by atoms with Crippen LogP contribution >= 0.6 is 11.3 Å². The normalized spacial score (nSPS) is 18.5. The SMILES string of the molecule is CC(C)(C)[C@H](N)C(=O)NC1CCCc2nc(-c3ccc(F)cc3)sc21. The average Bonchev–Trinajstić information content (AvgIpc) is 2.99. The number of benzene rings is 1. The van der Waals surface area contributed by atoms with Crippen LogP contribution in [0.5, 0.6) is 0 Å². The summed E-state index contributed by atoms with van der Waals surface area (Å²) in [6.45, 7) is 5.88. The lowest BCUT2D eigenvalue weighted by atomic mass is 9.86. The van der Waals surface area contributed by atoms with E-state index in [1.807, 2.05) is 20.8 Å². The first-order valence-electron chi connectivity index (χ1n) is 8.57. The number of nitrogens with zero attached hydrogens (tertiary/aromatic N) is 1. The molecule has 1 heterocycles. The second kappa shape index (κ2) is 6.84. The number of rotatable bonds is 3. The van der Waals surface area contributed by atoms with E-state index in [1.54, 1.807) is 23.5 Å². The van der Waals surface area contributed by atoms with Crippen LogP contribution in [-0.2, 0) is 11.2 Å². The van der Waals surface area contributed by atoms with Gasteiger partial charge in [-0.1, -0.05) is 20.8 Å². The largest absolute Gasteiger partial charge is 0.347 e. The fourth-order valence-electron chi connectivity index (χ4n) is 2.93. The highest BCUT2D eigenvalue weighted by molar-refractivity contribution is 7.15. The lowest BCUT2D eigenvalue weighted by molar-refractivity contribution is -0.125. The predicted octanol–water partition coefficient (Wildman–Crippen LogP) is 3.82. The van der Waals surface area contributed by atoms with Gasteiger partial charge in [0.25, 0.3) is 0 Å². The summed E-state index contributed by atoms with van der Waals surface area (Å²) >= 11 is 1.57. The van der Waals surface area contributed by atoms with Gasteiger partial charge in [0.05, 0.1) is 22.7 Å². The van der Waals surface area contributed by atoms with Gasteiger partial charge in [0.15, 0.2) is 0 Å². The zero-order valence-electron chi connectivity index (χ0n) is 14.8. The zero-order chi connectivity index (χ0) is 18.2. The Bertz CT molecular complexity index is 764.